The number of aliphatic hydroxyl groups excluding tert-OH is 1. The van der Waals surface area contributed by atoms with Crippen LogP contribution in [0, 0.1) is 0 Å². The molecule has 0 spiro atoms. The molecule has 0 saturated carbocycles. The van der Waals surface area contributed by atoms with Gasteiger partial charge >= 0.3 is 0 Å². The lowest BCUT2D eigenvalue weighted by atomic mass is 9.99. The molecule has 0 aliphatic heterocycles. The average Bonchev–Trinajstić information content (AvgIpc) is 2.83. The first-order valence-corrected chi connectivity index (χ1v) is 11.3. The zero-order chi connectivity index (χ0) is 25.4. The predicted molar refractivity (Wildman–Crippen MR) is 129 cm³/mol. The fraction of sp³-hybridized carbons (Fsp3) is 0.296. The molecule has 186 valence electrons. The van der Waals surface area contributed by atoms with Crippen LogP contribution in [-0.4, -0.2) is 44.5 Å². The number of carbonyl (C=O) groups excluding carboxylic acids is 1. The Morgan fingerprint density at radius 3 is 2.37 bits per heavy atom. The molecule has 0 aliphatic carbocycles. The molecule has 3 aromatic carbocycles. The van der Waals surface area contributed by atoms with E-state index in [9.17, 15) is 30.3 Å². The highest BCUT2D eigenvalue weighted by molar-refractivity contribution is 5.79. The molecule has 0 saturated heterocycles. The van der Waals surface area contributed by atoms with E-state index in [0.29, 0.717) is 29.7 Å². The number of hydrogen-bond acceptors (Lipinski definition) is 8. The van der Waals surface area contributed by atoms with Crippen LogP contribution < -0.4 is 9.47 Å². The van der Waals surface area contributed by atoms with Gasteiger partial charge in [0, 0.05) is 12.8 Å². The van der Waals surface area contributed by atoms with Gasteiger partial charge in [-0.25, -0.2) is 0 Å². The summed E-state index contributed by atoms with van der Waals surface area (Å²) in [6, 6.07) is 14.4. The van der Waals surface area contributed by atoms with E-state index in [2.05, 4.69) is 0 Å². The average molecular weight is 483 g/mol. The fourth-order valence-electron chi connectivity index (χ4n) is 3.67. The van der Waals surface area contributed by atoms with Crippen LogP contribution in [-0.2, 0) is 24.2 Å². The van der Waals surface area contributed by atoms with Gasteiger partial charge in [0.25, 0.3) is 0 Å². The van der Waals surface area contributed by atoms with Crippen LogP contribution in [0.4, 0.5) is 0 Å². The third-order valence-electron chi connectivity index (χ3n) is 5.59. The van der Waals surface area contributed by atoms with Crippen LogP contribution in [0.3, 0.4) is 0 Å². The minimum absolute atomic E-state index is 0.000140. The highest BCUT2D eigenvalue weighted by Gasteiger charge is 2.15. The topological polar surface area (TPSA) is 137 Å². The predicted octanol–water partition coefficient (Wildman–Crippen LogP) is 3.98. The SMILES string of the molecule is COc1cc(CCC(=O)CC(O)CCc2cc(O)c(O)c(OCc3cccc(O)c3)c2)ccc1O. The molecule has 1 atom stereocenters. The summed E-state index contributed by atoms with van der Waals surface area (Å²) in [5.74, 6) is -0.271. The van der Waals surface area contributed by atoms with Crippen molar-refractivity contribution in [3.63, 3.8) is 0 Å². The first-order valence-electron chi connectivity index (χ1n) is 11.3. The zero-order valence-corrected chi connectivity index (χ0v) is 19.5. The van der Waals surface area contributed by atoms with Crippen molar-refractivity contribution in [3.8, 4) is 34.5 Å². The highest BCUT2D eigenvalue weighted by Crippen LogP contribution is 2.37. The first kappa shape index (κ1) is 25.7. The van der Waals surface area contributed by atoms with Gasteiger partial charge in [-0.2, -0.15) is 0 Å². The molecule has 35 heavy (non-hydrogen) atoms. The quantitative estimate of drug-likeness (QED) is 0.245. The number of benzene rings is 3. The summed E-state index contributed by atoms with van der Waals surface area (Å²) in [6.07, 6.45) is 0.505. The van der Waals surface area contributed by atoms with Crippen LogP contribution in [0.15, 0.2) is 54.6 Å². The molecular weight excluding hydrogens is 452 g/mol. The van der Waals surface area contributed by atoms with E-state index in [4.69, 9.17) is 9.47 Å². The van der Waals surface area contributed by atoms with E-state index in [1.54, 1.807) is 30.3 Å². The number of phenolic OH excluding ortho intramolecular Hbond substituents is 4. The number of ketones is 1. The van der Waals surface area contributed by atoms with E-state index < -0.39 is 11.9 Å². The van der Waals surface area contributed by atoms with Crippen molar-refractivity contribution in [2.75, 3.05) is 7.11 Å². The van der Waals surface area contributed by atoms with Crippen LogP contribution in [0.5, 0.6) is 34.5 Å². The number of aromatic hydroxyl groups is 4. The Kier molecular flexibility index (Phi) is 8.80. The van der Waals surface area contributed by atoms with Crippen molar-refractivity contribution in [1.29, 1.82) is 0 Å². The number of phenols is 4. The third kappa shape index (κ3) is 7.55. The van der Waals surface area contributed by atoms with Crippen molar-refractivity contribution in [2.24, 2.45) is 0 Å². The van der Waals surface area contributed by atoms with Gasteiger partial charge in [-0.1, -0.05) is 18.2 Å². The number of aliphatic hydroxyl groups is 1. The molecule has 0 fully saturated rings. The van der Waals surface area contributed by atoms with Crippen LogP contribution >= 0.6 is 0 Å². The van der Waals surface area contributed by atoms with Crippen LogP contribution in [0.25, 0.3) is 0 Å². The lowest BCUT2D eigenvalue weighted by Gasteiger charge is -2.13. The van der Waals surface area contributed by atoms with Crippen molar-refractivity contribution < 1.29 is 39.8 Å². The summed E-state index contributed by atoms with van der Waals surface area (Å²) in [5.41, 5.74) is 2.17. The summed E-state index contributed by atoms with van der Waals surface area (Å²) >= 11 is 0. The van der Waals surface area contributed by atoms with Gasteiger partial charge in [-0.05, 0) is 72.4 Å². The molecule has 3 rings (SSSR count). The van der Waals surface area contributed by atoms with Gasteiger partial charge in [-0.3, -0.25) is 4.79 Å². The maximum absolute atomic E-state index is 12.3. The monoisotopic (exact) mass is 482 g/mol. The molecule has 3 aromatic rings. The summed E-state index contributed by atoms with van der Waals surface area (Å²) < 4.78 is 10.7. The van der Waals surface area contributed by atoms with Crippen molar-refractivity contribution in [2.45, 2.75) is 44.8 Å². The Bertz CT molecular complexity index is 1160. The van der Waals surface area contributed by atoms with Gasteiger partial charge in [0.15, 0.2) is 23.0 Å². The second kappa shape index (κ2) is 12.0. The minimum atomic E-state index is -0.857. The molecule has 0 aliphatic rings. The molecule has 1 unspecified atom stereocenters. The maximum atomic E-state index is 12.3. The van der Waals surface area contributed by atoms with Crippen LogP contribution in [0.1, 0.15) is 36.0 Å². The molecule has 5 N–H and O–H groups in total. The molecule has 0 amide bonds. The molecule has 8 nitrogen and oxygen atoms in total. The lowest BCUT2D eigenvalue weighted by Crippen LogP contribution is -2.15. The van der Waals surface area contributed by atoms with Gasteiger partial charge in [-0.15, -0.1) is 0 Å². The summed E-state index contributed by atoms with van der Waals surface area (Å²) in [5, 5.41) is 49.7. The zero-order valence-electron chi connectivity index (χ0n) is 19.5. The minimum Gasteiger partial charge on any atom is -0.508 e. The number of rotatable bonds is 12. The first-order chi connectivity index (χ1) is 16.7. The second-order valence-corrected chi connectivity index (χ2v) is 8.36. The van der Waals surface area contributed by atoms with Gasteiger partial charge < -0.3 is 35.0 Å². The Morgan fingerprint density at radius 2 is 1.63 bits per heavy atom. The number of hydrogen-bond donors (Lipinski definition) is 5. The van der Waals surface area contributed by atoms with Crippen molar-refractivity contribution in [1.82, 2.24) is 0 Å². The van der Waals surface area contributed by atoms with E-state index in [1.807, 2.05) is 0 Å². The van der Waals surface area contributed by atoms with Crippen molar-refractivity contribution >= 4 is 5.78 Å². The van der Waals surface area contributed by atoms with Gasteiger partial charge in [0.05, 0.1) is 13.2 Å². The number of carbonyl (C=O) groups is 1. The second-order valence-electron chi connectivity index (χ2n) is 8.36. The van der Waals surface area contributed by atoms with Crippen LogP contribution in [0.2, 0.25) is 0 Å². The molecule has 0 bridgehead atoms. The smallest absolute Gasteiger partial charge is 0.200 e. The number of aryl methyl sites for hydroxylation is 2. The van der Waals surface area contributed by atoms with Gasteiger partial charge in [0.2, 0.25) is 5.75 Å². The van der Waals surface area contributed by atoms with Gasteiger partial charge in [0.1, 0.15) is 18.1 Å². The standard InChI is InChI=1S/C27H30O8/c1-34-25-13-17(7-10-23(25)31)5-8-21(29)15-22(30)9-6-18-12-24(32)27(33)26(14-18)35-16-19-3-2-4-20(28)11-19/h2-4,7,10-14,22,28,30-33H,5-6,8-9,15-16H2,1H3. The Balaban J connectivity index is 1.50. The highest BCUT2D eigenvalue weighted by atomic mass is 16.5. The fourth-order valence-corrected chi connectivity index (χ4v) is 3.67. The number of methoxy groups -OCH3 is 1. The Hall–Kier alpha value is -3.91. The van der Waals surface area contributed by atoms with Crippen molar-refractivity contribution in [3.05, 3.63) is 71.3 Å². The largest absolute Gasteiger partial charge is 0.508 e. The van der Waals surface area contributed by atoms with E-state index in [-0.39, 0.29) is 54.7 Å². The Labute approximate surface area is 203 Å². The molecule has 0 aromatic heterocycles. The Morgan fingerprint density at radius 1 is 0.857 bits per heavy atom. The summed E-state index contributed by atoms with van der Waals surface area (Å²) in [7, 11) is 1.46. The molecule has 8 heteroatoms. The van der Waals surface area contributed by atoms with E-state index in [0.717, 1.165) is 5.56 Å². The lowest BCUT2D eigenvalue weighted by molar-refractivity contribution is -0.121. The summed E-state index contributed by atoms with van der Waals surface area (Å²) in [6.45, 7) is 0.0783. The molecule has 0 heterocycles. The summed E-state index contributed by atoms with van der Waals surface area (Å²) in [4.78, 5) is 12.3. The molecular formula is C27H30O8. The van der Waals surface area contributed by atoms with E-state index in [1.165, 1.54) is 31.4 Å². The number of ether oxygens (including phenoxy) is 2. The number of Topliss-reactive ketones (excluding diaryl/α,β-unsaturated/α-hetero) is 1. The maximum Gasteiger partial charge on any atom is 0.200 e. The third-order valence-corrected chi connectivity index (χ3v) is 5.59. The normalized spacial score (nSPS) is 11.7. The van der Waals surface area contributed by atoms with E-state index >= 15 is 0 Å². The molecule has 0 radical (unpaired) electrons.